The molecule has 6 heteroatoms. The lowest BCUT2D eigenvalue weighted by Gasteiger charge is -2.11. The first kappa shape index (κ1) is 20.0. The van der Waals surface area contributed by atoms with Crippen molar-refractivity contribution in [1.82, 2.24) is 0 Å². The third kappa shape index (κ3) is 5.58. The molecule has 0 aliphatic carbocycles. The van der Waals surface area contributed by atoms with Crippen LogP contribution in [0.1, 0.15) is 25.3 Å². The van der Waals surface area contributed by atoms with Crippen LogP contribution in [0.15, 0.2) is 48.0 Å². The van der Waals surface area contributed by atoms with Crippen molar-refractivity contribution >= 4 is 17.7 Å². The van der Waals surface area contributed by atoms with Gasteiger partial charge in [0.1, 0.15) is 17.5 Å². The van der Waals surface area contributed by atoms with Crippen LogP contribution in [0.4, 0.5) is 10.1 Å². The van der Waals surface area contributed by atoms with E-state index in [1.54, 1.807) is 31.4 Å². The first-order valence-electron chi connectivity index (χ1n) is 8.57. The van der Waals surface area contributed by atoms with Crippen LogP contribution in [0, 0.1) is 17.1 Å². The summed E-state index contributed by atoms with van der Waals surface area (Å²) in [6, 6.07) is 12.7. The molecule has 2 rings (SSSR count). The Morgan fingerprint density at radius 1 is 1.26 bits per heavy atom. The van der Waals surface area contributed by atoms with Crippen molar-refractivity contribution in [2.45, 2.75) is 19.8 Å². The highest BCUT2D eigenvalue weighted by Crippen LogP contribution is 2.29. The zero-order valence-electron chi connectivity index (χ0n) is 15.3. The van der Waals surface area contributed by atoms with Crippen molar-refractivity contribution in [1.29, 1.82) is 5.26 Å². The number of para-hydroxylation sites is 1. The van der Waals surface area contributed by atoms with Crippen LogP contribution in [-0.4, -0.2) is 19.6 Å². The highest BCUT2D eigenvalue weighted by molar-refractivity contribution is 6.09. The molecule has 27 heavy (non-hydrogen) atoms. The first-order chi connectivity index (χ1) is 13.1. The van der Waals surface area contributed by atoms with Gasteiger partial charge >= 0.3 is 0 Å². The van der Waals surface area contributed by atoms with Gasteiger partial charge in [0.25, 0.3) is 5.91 Å². The second-order valence-electron chi connectivity index (χ2n) is 5.72. The Morgan fingerprint density at radius 2 is 2.04 bits per heavy atom. The van der Waals surface area contributed by atoms with Crippen LogP contribution in [0.5, 0.6) is 11.5 Å². The Labute approximate surface area is 158 Å². The predicted octanol–water partition coefficient (Wildman–Crippen LogP) is 4.56. The van der Waals surface area contributed by atoms with Crippen LogP contribution in [0.2, 0.25) is 0 Å². The summed E-state index contributed by atoms with van der Waals surface area (Å²) < 4.78 is 24.7. The van der Waals surface area contributed by atoms with Gasteiger partial charge in [-0.1, -0.05) is 31.5 Å². The molecule has 0 unspecified atom stereocenters. The van der Waals surface area contributed by atoms with E-state index < -0.39 is 11.7 Å². The monoisotopic (exact) mass is 368 g/mol. The average Bonchev–Trinajstić information content (AvgIpc) is 2.68. The Morgan fingerprint density at radius 3 is 2.70 bits per heavy atom. The molecule has 0 saturated carbocycles. The second-order valence-corrected chi connectivity index (χ2v) is 5.72. The van der Waals surface area contributed by atoms with E-state index in [0.29, 0.717) is 23.7 Å². The molecule has 0 saturated heterocycles. The van der Waals surface area contributed by atoms with Crippen molar-refractivity contribution in [2.24, 2.45) is 0 Å². The van der Waals surface area contributed by atoms with E-state index in [0.717, 1.165) is 12.8 Å². The van der Waals surface area contributed by atoms with Gasteiger partial charge in [-0.3, -0.25) is 4.79 Å². The predicted molar refractivity (Wildman–Crippen MR) is 102 cm³/mol. The Hall–Kier alpha value is -3.33. The third-order valence-electron chi connectivity index (χ3n) is 3.74. The molecule has 0 bridgehead atoms. The number of carbonyl (C=O) groups excluding carboxylic acids is 1. The number of hydrogen-bond acceptors (Lipinski definition) is 4. The minimum absolute atomic E-state index is 0.0157. The summed E-state index contributed by atoms with van der Waals surface area (Å²) >= 11 is 0. The summed E-state index contributed by atoms with van der Waals surface area (Å²) in [5.41, 5.74) is 0.465. The summed E-state index contributed by atoms with van der Waals surface area (Å²) in [6.07, 6.45) is 3.32. The molecule has 0 aliphatic heterocycles. The molecule has 0 radical (unpaired) electrons. The molecule has 0 heterocycles. The van der Waals surface area contributed by atoms with Crippen molar-refractivity contribution in [3.63, 3.8) is 0 Å². The number of methoxy groups -OCH3 is 1. The smallest absolute Gasteiger partial charge is 0.266 e. The summed E-state index contributed by atoms with van der Waals surface area (Å²) in [4.78, 5) is 12.3. The van der Waals surface area contributed by atoms with Gasteiger partial charge in [0.05, 0.1) is 19.4 Å². The number of benzene rings is 2. The molecule has 0 aliphatic rings. The van der Waals surface area contributed by atoms with Crippen LogP contribution < -0.4 is 14.8 Å². The van der Waals surface area contributed by atoms with E-state index in [4.69, 9.17) is 9.47 Å². The maximum Gasteiger partial charge on any atom is 0.266 e. The van der Waals surface area contributed by atoms with Gasteiger partial charge in [-0.15, -0.1) is 0 Å². The molecule has 1 N–H and O–H groups in total. The molecule has 2 aromatic carbocycles. The summed E-state index contributed by atoms with van der Waals surface area (Å²) in [5.74, 6) is -0.157. The zero-order chi connectivity index (χ0) is 19.6. The van der Waals surface area contributed by atoms with Crippen molar-refractivity contribution in [3.8, 4) is 17.6 Å². The molecule has 0 fully saturated rings. The van der Waals surface area contributed by atoms with Crippen molar-refractivity contribution in [3.05, 3.63) is 59.4 Å². The fourth-order valence-electron chi connectivity index (χ4n) is 2.29. The number of halogens is 1. The minimum atomic E-state index is -0.688. The summed E-state index contributed by atoms with van der Waals surface area (Å²) in [7, 11) is 1.54. The number of nitrogens with one attached hydrogen (secondary N) is 1. The van der Waals surface area contributed by atoms with Gasteiger partial charge in [0.15, 0.2) is 11.5 Å². The topological polar surface area (TPSA) is 71.3 Å². The molecular weight excluding hydrogens is 347 g/mol. The molecule has 5 nitrogen and oxygen atoms in total. The van der Waals surface area contributed by atoms with Crippen molar-refractivity contribution in [2.75, 3.05) is 19.0 Å². The number of amides is 1. The minimum Gasteiger partial charge on any atom is -0.493 e. The van der Waals surface area contributed by atoms with E-state index in [1.165, 1.54) is 24.3 Å². The lowest BCUT2D eigenvalue weighted by atomic mass is 10.1. The Bertz CT molecular complexity index is 872. The second kappa shape index (κ2) is 9.97. The largest absolute Gasteiger partial charge is 0.493 e. The highest BCUT2D eigenvalue weighted by atomic mass is 19.1. The molecule has 2 aromatic rings. The lowest BCUT2D eigenvalue weighted by Crippen LogP contribution is -2.14. The summed E-state index contributed by atoms with van der Waals surface area (Å²) in [5, 5.41) is 11.7. The SMILES string of the molecule is CCCCOc1cc(/C=C(\C#N)C(=O)Nc2ccccc2F)ccc1OC. The molecule has 0 spiro atoms. The quantitative estimate of drug-likeness (QED) is 0.421. The normalized spacial score (nSPS) is 10.8. The summed E-state index contributed by atoms with van der Waals surface area (Å²) in [6.45, 7) is 2.60. The van der Waals surface area contributed by atoms with Gasteiger partial charge in [-0.05, 0) is 42.3 Å². The number of anilines is 1. The fourth-order valence-corrected chi connectivity index (χ4v) is 2.29. The van der Waals surface area contributed by atoms with Gasteiger partial charge in [-0.2, -0.15) is 5.26 Å². The van der Waals surface area contributed by atoms with Crippen LogP contribution >= 0.6 is 0 Å². The standard InChI is InChI=1S/C21H21FN2O3/c1-3-4-11-27-20-13-15(9-10-19(20)26-2)12-16(14-23)21(25)24-18-8-6-5-7-17(18)22/h5-10,12-13H,3-4,11H2,1-2H3,(H,24,25)/b16-12+. The molecule has 1 amide bonds. The molecule has 0 atom stereocenters. The number of unbranched alkanes of at least 4 members (excludes halogenated alkanes) is 1. The molecule has 0 aromatic heterocycles. The van der Waals surface area contributed by atoms with Crippen LogP contribution in [0.3, 0.4) is 0 Å². The fraction of sp³-hybridized carbons (Fsp3) is 0.238. The average molecular weight is 368 g/mol. The third-order valence-corrected chi connectivity index (χ3v) is 3.74. The van der Waals surface area contributed by atoms with E-state index in [1.807, 2.05) is 6.07 Å². The van der Waals surface area contributed by atoms with E-state index in [9.17, 15) is 14.4 Å². The van der Waals surface area contributed by atoms with E-state index in [-0.39, 0.29) is 11.3 Å². The maximum absolute atomic E-state index is 13.7. The number of carbonyl (C=O) groups is 1. The van der Waals surface area contributed by atoms with E-state index >= 15 is 0 Å². The maximum atomic E-state index is 13.7. The Balaban J connectivity index is 2.23. The highest BCUT2D eigenvalue weighted by Gasteiger charge is 2.13. The zero-order valence-corrected chi connectivity index (χ0v) is 15.3. The lowest BCUT2D eigenvalue weighted by molar-refractivity contribution is -0.112. The number of rotatable bonds is 8. The Kier molecular flexibility index (Phi) is 7.38. The van der Waals surface area contributed by atoms with Gasteiger partial charge in [0, 0.05) is 0 Å². The van der Waals surface area contributed by atoms with Crippen LogP contribution in [0.25, 0.3) is 6.08 Å². The molecular formula is C21H21FN2O3. The van der Waals surface area contributed by atoms with Gasteiger partial charge in [0.2, 0.25) is 0 Å². The van der Waals surface area contributed by atoms with E-state index in [2.05, 4.69) is 12.2 Å². The number of nitrogens with zero attached hydrogens (tertiary/aromatic N) is 1. The van der Waals surface area contributed by atoms with Gasteiger partial charge < -0.3 is 14.8 Å². The first-order valence-corrected chi connectivity index (χ1v) is 8.57. The molecule has 140 valence electrons. The number of hydrogen-bond donors (Lipinski definition) is 1. The number of ether oxygens (including phenoxy) is 2. The van der Waals surface area contributed by atoms with Crippen LogP contribution in [-0.2, 0) is 4.79 Å². The van der Waals surface area contributed by atoms with Crippen molar-refractivity contribution < 1.29 is 18.7 Å². The van der Waals surface area contributed by atoms with Gasteiger partial charge in [-0.25, -0.2) is 4.39 Å². The number of nitriles is 1.